The Labute approximate surface area is 86.8 Å². The van der Waals surface area contributed by atoms with Crippen molar-refractivity contribution in [3.8, 4) is 11.6 Å². The molecular formula is C11H8N3O+. The quantitative estimate of drug-likeness (QED) is 0.695. The molecule has 0 aliphatic carbocycles. The van der Waals surface area contributed by atoms with E-state index in [0.717, 1.165) is 0 Å². The first kappa shape index (κ1) is 9.16. The number of para-hydroxylation sites is 1. The van der Waals surface area contributed by atoms with Gasteiger partial charge in [-0.1, -0.05) is 18.2 Å². The van der Waals surface area contributed by atoms with E-state index in [9.17, 15) is 0 Å². The Morgan fingerprint density at radius 1 is 1.07 bits per heavy atom. The number of aromatic nitrogens is 1. The van der Waals surface area contributed by atoms with Crippen molar-refractivity contribution in [2.45, 2.75) is 0 Å². The number of rotatable bonds is 2. The van der Waals surface area contributed by atoms with Gasteiger partial charge < -0.3 is 4.74 Å². The Hall–Kier alpha value is -2.41. The van der Waals surface area contributed by atoms with Crippen LogP contribution >= 0.6 is 0 Å². The van der Waals surface area contributed by atoms with Crippen LogP contribution < -0.4 is 4.74 Å². The molecule has 2 rings (SSSR count). The van der Waals surface area contributed by atoms with E-state index in [0.29, 0.717) is 11.4 Å². The third-order valence-corrected chi connectivity index (χ3v) is 1.82. The fourth-order valence-electron chi connectivity index (χ4n) is 1.14. The van der Waals surface area contributed by atoms with Crippen LogP contribution in [-0.2, 0) is 0 Å². The maximum atomic E-state index is 8.70. The Bertz CT molecular complexity index is 491. The number of nitrogens with zero attached hydrogens (tertiary/aromatic N) is 3. The highest BCUT2D eigenvalue weighted by Crippen LogP contribution is 2.28. The molecule has 0 atom stereocenters. The SMILES string of the molecule is N#[N+]c1cccnc1Oc1ccccc1. The molecule has 0 spiro atoms. The minimum Gasteiger partial charge on any atom is -0.433 e. The summed E-state index contributed by atoms with van der Waals surface area (Å²) in [7, 11) is 0. The average Bonchev–Trinajstić information content (AvgIpc) is 2.31. The zero-order valence-corrected chi connectivity index (χ0v) is 7.87. The smallest absolute Gasteiger partial charge is 0.433 e. The van der Waals surface area contributed by atoms with Gasteiger partial charge in [-0.05, 0) is 18.2 Å². The lowest BCUT2D eigenvalue weighted by atomic mass is 10.3. The lowest BCUT2D eigenvalue weighted by molar-refractivity contribution is 0.466. The van der Waals surface area contributed by atoms with Crippen molar-refractivity contribution in [2.75, 3.05) is 0 Å². The Morgan fingerprint density at radius 3 is 2.60 bits per heavy atom. The first-order chi connectivity index (χ1) is 7.40. The predicted octanol–water partition coefficient (Wildman–Crippen LogP) is 3.36. The summed E-state index contributed by atoms with van der Waals surface area (Å²) in [5.41, 5.74) is 0.307. The van der Waals surface area contributed by atoms with Crippen LogP contribution in [0.25, 0.3) is 4.98 Å². The van der Waals surface area contributed by atoms with Gasteiger partial charge in [0.05, 0.1) is 0 Å². The Balaban J connectivity index is 2.29. The van der Waals surface area contributed by atoms with Gasteiger partial charge >= 0.3 is 11.6 Å². The van der Waals surface area contributed by atoms with Crippen LogP contribution in [0.1, 0.15) is 0 Å². The molecular weight excluding hydrogens is 190 g/mol. The second-order valence-corrected chi connectivity index (χ2v) is 2.84. The molecule has 4 heteroatoms. The first-order valence-electron chi connectivity index (χ1n) is 4.43. The standard InChI is InChI=1S/C11H8N3O/c12-14-10-7-4-8-13-11(10)15-9-5-2-1-3-6-9/h1-8H/q+1. The van der Waals surface area contributed by atoms with E-state index in [1.807, 2.05) is 18.2 Å². The minimum atomic E-state index is 0.284. The highest BCUT2D eigenvalue weighted by Gasteiger charge is 2.15. The third kappa shape index (κ3) is 2.09. The normalized spacial score (nSPS) is 9.27. The van der Waals surface area contributed by atoms with Gasteiger partial charge in [0.1, 0.15) is 5.75 Å². The van der Waals surface area contributed by atoms with Crippen LogP contribution in [0, 0.1) is 5.39 Å². The maximum absolute atomic E-state index is 8.70. The number of hydrogen-bond acceptors (Lipinski definition) is 3. The van der Waals surface area contributed by atoms with Crippen LogP contribution in [0.2, 0.25) is 0 Å². The monoisotopic (exact) mass is 198 g/mol. The summed E-state index contributed by atoms with van der Waals surface area (Å²) in [6, 6.07) is 12.5. The van der Waals surface area contributed by atoms with E-state index < -0.39 is 0 Å². The summed E-state index contributed by atoms with van der Waals surface area (Å²) in [6.07, 6.45) is 1.58. The van der Waals surface area contributed by atoms with Gasteiger partial charge in [-0.3, -0.25) is 0 Å². The molecule has 2 aromatic rings. The molecule has 0 saturated heterocycles. The Kier molecular flexibility index (Phi) is 2.56. The molecule has 0 saturated carbocycles. The maximum Gasteiger partial charge on any atom is 0.446 e. The Morgan fingerprint density at radius 2 is 1.87 bits per heavy atom. The van der Waals surface area contributed by atoms with Gasteiger partial charge in [0.2, 0.25) is 5.39 Å². The van der Waals surface area contributed by atoms with Crippen molar-refractivity contribution in [1.82, 2.24) is 4.98 Å². The third-order valence-electron chi connectivity index (χ3n) is 1.82. The van der Waals surface area contributed by atoms with Crippen molar-refractivity contribution in [2.24, 2.45) is 0 Å². The number of ether oxygens (including phenoxy) is 1. The second kappa shape index (κ2) is 4.20. The molecule has 15 heavy (non-hydrogen) atoms. The molecule has 72 valence electrons. The van der Waals surface area contributed by atoms with Gasteiger partial charge in [-0.2, -0.15) is 0 Å². The van der Waals surface area contributed by atoms with Crippen LogP contribution in [0.4, 0.5) is 5.69 Å². The summed E-state index contributed by atoms with van der Waals surface area (Å²) in [4.78, 5) is 7.05. The van der Waals surface area contributed by atoms with E-state index in [1.165, 1.54) is 0 Å². The van der Waals surface area contributed by atoms with Crippen LogP contribution in [0.5, 0.6) is 11.6 Å². The van der Waals surface area contributed by atoms with E-state index in [2.05, 4.69) is 9.96 Å². The fourth-order valence-corrected chi connectivity index (χ4v) is 1.14. The number of hydrogen-bond donors (Lipinski definition) is 0. The molecule has 0 bridgehead atoms. The molecule has 0 aliphatic rings. The van der Waals surface area contributed by atoms with Crippen LogP contribution in [0.3, 0.4) is 0 Å². The highest BCUT2D eigenvalue weighted by atomic mass is 16.5. The zero-order valence-electron chi connectivity index (χ0n) is 7.87. The van der Waals surface area contributed by atoms with Crippen molar-refractivity contribution >= 4 is 5.69 Å². The summed E-state index contributed by atoms with van der Waals surface area (Å²) in [6.45, 7) is 0. The van der Waals surface area contributed by atoms with Crippen molar-refractivity contribution in [1.29, 1.82) is 5.39 Å². The molecule has 0 radical (unpaired) electrons. The van der Waals surface area contributed by atoms with Crippen molar-refractivity contribution in [3.05, 3.63) is 53.6 Å². The van der Waals surface area contributed by atoms with Gasteiger partial charge in [0, 0.05) is 12.3 Å². The molecule has 0 amide bonds. The molecule has 1 heterocycles. The number of benzene rings is 1. The van der Waals surface area contributed by atoms with Crippen molar-refractivity contribution in [3.63, 3.8) is 0 Å². The predicted molar refractivity (Wildman–Crippen MR) is 55.5 cm³/mol. The largest absolute Gasteiger partial charge is 0.446 e. The number of pyridine rings is 1. The van der Waals surface area contributed by atoms with Gasteiger partial charge in [-0.15, -0.1) is 0 Å². The summed E-state index contributed by atoms with van der Waals surface area (Å²) in [5, 5.41) is 8.70. The highest BCUT2D eigenvalue weighted by molar-refractivity contribution is 5.53. The molecule has 0 fully saturated rings. The van der Waals surface area contributed by atoms with Crippen LogP contribution in [-0.4, -0.2) is 4.98 Å². The molecule has 0 N–H and O–H groups in total. The summed E-state index contributed by atoms with van der Waals surface area (Å²) in [5.74, 6) is 0.937. The lowest BCUT2D eigenvalue weighted by Gasteiger charge is -2.00. The van der Waals surface area contributed by atoms with Gasteiger partial charge in [-0.25, -0.2) is 4.98 Å². The summed E-state index contributed by atoms with van der Waals surface area (Å²) >= 11 is 0. The molecule has 1 aromatic heterocycles. The van der Waals surface area contributed by atoms with Crippen molar-refractivity contribution < 1.29 is 4.74 Å². The topological polar surface area (TPSA) is 50.3 Å². The first-order valence-corrected chi connectivity index (χ1v) is 4.43. The zero-order chi connectivity index (χ0) is 10.5. The van der Waals surface area contributed by atoms with E-state index >= 15 is 0 Å². The second-order valence-electron chi connectivity index (χ2n) is 2.84. The van der Waals surface area contributed by atoms with Crippen LogP contribution in [0.15, 0.2) is 48.7 Å². The summed E-state index contributed by atoms with van der Waals surface area (Å²) < 4.78 is 5.44. The average molecular weight is 198 g/mol. The molecule has 4 nitrogen and oxygen atoms in total. The molecule has 0 unspecified atom stereocenters. The van der Waals surface area contributed by atoms with E-state index in [1.54, 1.807) is 30.5 Å². The lowest BCUT2D eigenvalue weighted by Crippen LogP contribution is -1.86. The fraction of sp³-hybridized carbons (Fsp3) is 0. The van der Waals surface area contributed by atoms with E-state index in [4.69, 9.17) is 10.1 Å². The van der Waals surface area contributed by atoms with Gasteiger partial charge in [0.25, 0.3) is 0 Å². The molecule has 0 aliphatic heterocycles. The minimum absolute atomic E-state index is 0.284. The molecule has 1 aromatic carbocycles. The number of diazo groups is 1. The van der Waals surface area contributed by atoms with E-state index in [-0.39, 0.29) is 5.88 Å². The van der Waals surface area contributed by atoms with Gasteiger partial charge in [0.15, 0.2) is 4.98 Å².